The maximum atomic E-state index is 5.69. The minimum absolute atomic E-state index is 0.0200. The number of nitrogens with two attached hydrogens (primary N) is 1. The van der Waals surface area contributed by atoms with Crippen molar-refractivity contribution >= 4 is 10.9 Å². The van der Waals surface area contributed by atoms with Gasteiger partial charge in [0.2, 0.25) is 0 Å². The van der Waals surface area contributed by atoms with Crippen LogP contribution in [0.25, 0.3) is 10.9 Å². The summed E-state index contributed by atoms with van der Waals surface area (Å²) >= 11 is 0. The Labute approximate surface area is 102 Å². The normalized spacial score (nSPS) is 12.2. The van der Waals surface area contributed by atoms with Gasteiger partial charge in [-0.05, 0) is 38.4 Å². The Morgan fingerprint density at radius 2 is 2.06 bits per heavy atom. The van der Waals surface area contributed by atoms with Crippen LogP contribution in [0.3, 0.4) is 0 Å². The number of H-pyrrole nitrogens is 1. The van der Waals surface area contributed by atoms with Crippen molar-refractivity contribution < 1.29 is 0 Å². The lowest BCUT2D eigenvalue weighted by molar-refractivity contribution is 0.402. The summed E-state index contributed by atoms with van der Waals surface area (Å²) in [6, 6.07) is 8.40. The van der Waals surface area contributed by atoms with Crippen molar-refractivity contribution in [2.45, 2.75) is 25.8 Å². The highest BCUT2D eigenvalue weighted by Gasteiger charge is 2.13. The average molecular weight is 231 g/mol. The smallest absolute Gasteiger partial charge is 0.0456 e. The third-order valence-electron chi connectivity index (χ3n) is 3.18. The Hall–Kier alpha value is -1.32. The molecule has 0 atom stereocenters. The predicted octanol–water partition coefficient (Wildman–Crippen LogP) is 2.04. The van der Waals surface area contributed by atoms with E-state index in [2.05, 4.69) is 54.6 Å². The highest BCUT2D eigenvalue weighted by atomic mass is 15.0. The van der Waals surface area contributed by atoms with E-state index < -0.39 is 0 Å². The summed E-state index contributed by atoms with van der Waals surface area (Å²) in [5.41, 5.74) is 8.28. The summed E-state index contributed by atoms with van der Waals surface area (Å²) in [6.45, 7) is 5.86. The molecule has 2 rings (SSSR count). The Morgan fingerprint density at radius 1 is 1.29 bits per heavy atom. The molecule has 3 nitrogen and oxygen atoms in total. The van der Waals surface area contributed by atoms with E-state index >= 15 is 0 Å². The van der Waals surface area contributed by atoms with Gasteiger partial charge in [0, 0.05) is 29.2 Å². The van der Waals surface area contributed by atoms with Crippen molar-refractivity contribution in [3.8, 4) is 0 Å². The quantitative estimate of drug-likeness (QED) is 0.737. The molecule has 0 aliphatic rings. The Bertz CT molecular complexity index is 485. The SMILES string of the molecule is CC(C)(CN)NCCc1c[nH]c2ccccc12. The summed E-state index contributed by atoms with van der Waals surface area (Å²) < 4.78 is 0. The second kappa shape index (κ2) is 4.90. The van der Waals surface area contributed by atoms with Crippen LogP contribution in [0.4, 0.5) is 0 Å². The molecule has 0 amide bonds. The molecule has 3 heteroatoms. The van der Waals surface area contributed by atoms with Gasteiger partial charge in [-0.3, -0.25) is 0 Å². The molecule has 0 aliphatic heterocycles. The molecule has 0 radical (unpaired) electrons. The molecule has 0 bridgehead atoms. The van der Waals surface area contributed by atoms with Crippen LogP contribution < -0.4 is 11.1 Å². The van der Waals surface area contributed by atoms with E-state index in [1.54, 1.807) is 0 Å². The molecule has 1 aromatic carbocycles. The molecule has 0 fully saturated rings. The second-order valence-corrected chi connectivity index (χ2v) is 5.12. The highest BCUT2D eigenvalue weighted by Crippen LogP contribution is 2.17. The molecule has 0 aliphatic carbocycles. The molecule has 0 spiro atoms. The lowest BCUT2D eigenvalue weighted by Gasteiger charge is -2.24. The third kappa shape index (κ3) is 2.87. The lowest BCUT2D eigenvalue weighted by Crippen LogP contribution is -2.46. The van der Waals surface area contributed by atoms with Crippen LogP contribution in [0.5, 0.6) is 0 Å². The molecule has 2 aromatic rings. The predicted molar refractivity (Wildman–Crippen MR) is 73.1 cm³/mol. The number of hydrogen-bond donors (Lipinski definition) is 3. The first-order chi connectivity index (χ1) is 8.12. The summed E-state index contributed by atoms with van der Waals surface area (Å²) in [5.74, 6) is 0. The van der Waals surface area contributed by atoms with Gasteiger partial charge in [0.25, 0.3) is 0 Å². The van der Waals surface area contributed by atoms with E-state index in [9.17, 15) is 0 Å². The van der Waals surface area contributed by atoms with Gasteiger partial charge < -0.3 is 16.0 Å². The van der Waals surface area contributed by atoms with Crippen LogP contribution in [0.15, 0.2) is 30.5 Å². The number of aromatic nitrogens is 1. The topological polar surface area (TPSA) is 53.8 Å². The molecule has 1 heterocycles. The van der Waals surface area contributed by atoms with Crippen LogP contribution in [0, 0.1) is 0 Å². The van der Waals surface area contributed by atoms with Gasteiger partial charge >= 0.3 is 0 Å². The molecule has 92 valence electrons. The Morgan fingerprint density at radius 3 is 2.82 bits per heavy atom. The van der Waals surface area contributed by atoms with Crippen molar-refractivity contribution in [1.29, 1.82) is 0 Å². The monoisotopic (exact) mass is 231 g/mol. The van der Waals surface area contributed by atoms with Gasteiger partial charge in [-0.25, -0.2) is 0 Å². The van der Waals surface area contributed by atoms with Crippen LogP contribution in [0.2, 0.25) is 0 Å². The van der Waals surface area contributed by atoms with Crippen molar-refractivity contribution in [3.05, 3.63) is 36.0 Å². The molecule has 17 heavy (non-hydrogen) atoms. The third-order valence-corrected chi connectivity index (χ3v) is 3.18. The fraction of sp³-hybridized carbons (Fsp3) is 0.429. The molecule has 1 aromatic heterocycles. The van der Waals surface area contributed by atoms with E-state index in [0.29, 0.717) is 6.54 Å². The van der Waals surface area contributed by atoms with Gasteiger partial charge in [0.1, 0.15) is 0 Å². The van der Waals surface area contributed by atoms with Gasteiger partial charge in [-0.2, -0.15) is 0 Å². The molecule has 4 N–H and O–H groups in total. The van der Waals surface area contributed by atoms with Crippen molar-refractivity contribution in [1.82, 2.24) is 10.3 Å². The van der Waals surface area contributed by atoms with Crippen LogP contribution in [-0.4, -0.2) is 23.6 Å². The number of aromatic amines is 1. The van der Waals surface area contributed by atoms with E-state index in [-0.39, 0.29) is 5.54 Å². The highest BCUT2D eigenvalue weighted by molar-refractivity contribution is 5.83. The van der Waals surface area contributed by atoms with E-state index in [1.807, 2.05) is 0 Å². The maximum absolute atomic E-state index is 5.69. The zero-order chi connectivity index (χ0) is 12.3. The number of hydrogen-bond acceptors (Lipinski definition) is 2. The first-order valence-electron chi connectivity index (χ1n) is 6.12. The number of rotatable bonds is 5. The minimum atomic E-state index is 0.0200. The number of para-hydroxylation sites is 1. The lowest BCUT2D eigenvalue weighted by atomic mass is 10.1. The van der Waals surface area contributed by atoms with Gasteiger partial charge in [-0.1, -0.05) is 18.2 Å². The van der Waals surface area contributed by atoms with Crippen LogP contribution >= 0.6 is 0 Å². The van der Waals surface area contributed by atoms with Crippen molar-refractivity contribution in [2.75, 3.05) is 13.1 Å². The largest absolute Gasteiger partial charge is 0.361 e. The Kier molecular flexibility index (Phi) is 3.50. The van der Waals surface area contributed by atoms with E-state index in [4.69, 9.17) is 5.73 Å². The Balaban J connectivity index is 2.00. The fourth-order valence-corrected chi connectivity index (χ4v) is 1.95. The summed E-state index contributed by atoms with van der Waals surface area (Å²) in [5, 5.41) is 4.79. The van der Waals surface area contributed by atoms with Crippen molar-refractivity contribution in [2.24, 2.45) is 5.73 Å². The van der Waals surface area contributed by atoms with Crippen molar-refractivity contribution in [3.63, 3.8) is 0 Å². The molecular weight excluding hydrogens is 210 g/mol. The van der Waals surface area contributed by atoms with Gasteiger partial charge in [0.15, 0.2) is 0 Å². The first kappa shape index (κ1) is 12.1. The number of benzene rings is 1. The van der Waals surface area contributed by atoms with Crippen LogP contribution in [-0.2, 0) is 6.42 Å². The van der Waals surface area contributed by atoms with Gasteiger partial charge in [0.05, 0.1) is 0 Å². The van der Waals surface area contributed by atoms with E-state index in [0.717, 1.165) is 13.0 Å². The molecule has 0 unspecified atom stereocenters. The standard InChI is InChI=1S/C14H21N3/c1-14(2,10-15)17-8-7-11-9-16-13-6-4-3-5-12(11)13/h3-6,9,16-17H,7-8,10,15H2,1-2H3. The minimum Gasteiger partial charge on any atom is -0.361 e. The van der Waals surface area contributed by atoms with Gasteiger partial charge in [-0.15, -0.1) is 0 Å². The average Bonchev–Trinajstić information content (AvgIpc) is 2.73. The molecule has 0 saturated heterocycles. The molecular formula is C14H21N3. The fourth-order valence-electron chi connectivity index (χ4n) is 1.95. The summed E-state index contributed by atoms with van der Waals surface area (Å²) in [6.07, 6.45) is 3.12. The maximum Gasteiger partial charge on any atom is 0.0456 e. The zero-order valence-electron chi connectivity index (χ0n) is 10.6. The second-order valence-electron chi connectivity index (χ2n) is 5.12. The summed E-state index contributed by atoms with van der Waals surface area (Å²) in [7, 11) is 0. The zero-order valence-corrected chi connectivity index (χ0v) is 10.6. The number of fused-ring (bicyclic) bond motifs is 1. The van der Waals surface area contributed by atoms with Crippen LogP contribution in [0.1, 0.15) is 19.4 Å². The van der Waals surface area contributed by atoms with E-state index in [1.165, 1.54) is 16.5 Å². The first-order valence-corrected chi connectivity index (χ1v) is 6.12. The summed E-state index contributed by atoms with van der Waals surface area (Å²) in [4.78, 5) is 3.30. The number of nitrogens with one attached hydrogen (secondary N) is 2. The molecule has 0 saturated carbocycles.